The third kappa shape index (κ3) is 2.52. The molecule has 2 rings (SSSR count). The van der Waals surface area contributed by atoms with Gasteiger partial charge in [0.1, 0.15) is 11.2 Å². The Hall–Kier alpha value is -1.30. The van der Waals surface area contributed by atoms with Crippen LogP contribution >= 0.6 is 11.8 Å². The minimum Gasteiger partial charge on any atom is -0.456 e. The van der Waals surface area contributed by atoms with Crippen molar-refractivity contribution in [3.05, 3.63) is 22.1 Å². The van der Waals surface area contributed by atoms with E-state index in [2.05, 4.69) is 4.98 Å². The van der Waals surface area contributed by atoms with Gasteiger partial charge in [0.2, 0.25) is 0 Å². The Morgan fingerprint density at radius 1 is 1.53 bits per heavy atom. The maximum atomic E-state index is 12.0. The van der Waals surface area contributed by atoms with Crippen LogP contribution in [-0.4, -0.2) is 26.9 Å². The van der Waals surface area contributed by atoms with Gasteiger partial charge in [-0.05, 0) is 20.8 Å². The van der Waals surface area contributed by atoms with Gasteiger partial charge in [-0.25, -0.2) is 9.78 Å². The van der Waals surface area contributed by atoms with Crippen molar-refractivity contribution >= 4 is 17.7 Å². The summed E-state index contributed by atoms with van der Waals surface area (Å²) in [6, 6.07) is 0. The first-order valence-corrected chi connectivity index (χ1v) is 6.33. The molecule has 92 valence electrons. The van der Waals surface area contributed by atoms with Crippen molar-refractivity contribution in [2.75, 3.05) is 5.75 Å². The van der Waals surface area contributed by atoms with Crippen molar-refractivity contribution in [2.24, 2.45) is 0 Å². The SMILES string of the molecule is CC(C)(C)OC(=O)c1cnc2n(c1=O)CCS2. The summed E-state index contributed by atoms with van der Waals surface area (Å²) in [7, 11) is 0. The molecule has 1 aliphatic heterocycles. The molecule has 1 aliphatic rings. The summed E-state index contributed by atoms with van der Waals surface area (Å²) < 4.78 is 6.68. The van der Waals surface area contributed by atoms with Crippen molar-refractivity contribution in [3.63, 3.8) is 0 Å². The number of esters is 1. The highest BCUT2D eigenvalue weighted by Gasteiger charge is 2.24. The maximum absolute atomic E-state index is 12.0. The molecule has 5 nitrogen and oxygen atoms in total. The van der Waals surface area contributed by atoms with Crippen LogP contribution in [0.3, 0.4) is 0 Å². The van der Waals surface area contributed by atoms with Crippen LogP contribution in [0.4, 0.5) is 0 Å². The Morgan fingerprint density at radius 3 is 2.88 bits per heavy atom. The van der Waals surface area contributed by atoms with Crippen molar-refractivity contribution in [1.82, 2.24) is 9.55 Å². The van der Waals surface area contributed by atoms with E-state index in [1.165, 1.54) is 22.5 Å². The molecule has 0 saturated carbocycles. The van der Waals surface area contributed by atoms with Crippen LogP contribution in [0.25, 0.3) is 0 Å². The highest BCUT2D eigenvalue weighted by atomic mass is 32.2. The lowest BCUT2D eigenvalue weighted by atomic mass is 10.2. The Morgan fingerprint density at radius 2 is 2.24 bits per heavy atom. The van der Waals surface area contributed by atoms with Gasteiger partial charge in [-0.1, -0.05) is 11.8 Å². The largest absolute Gasteiger partial charge is 0.456 e. The first-order chi connectivity index (χ1) is 7.88. The molecule has 0 aliphatic carbocycles. The molecule has 2 heterocycles. The number of ether oxygens (including phenoxy) is 1. The van der Waals surface area contributed by atoms with Gasteiger partial charge in [0.25, 0.3) is 5.56 Å². The molecule has 0 amide bonds. The number of aromatic nitrogens is 2. The standard InChI is InChI=1S/C11H14N2O3S/c1-11(2,3)16-9(15)7-6-12-10-13(8(7)14)4-5-17-10/h6H,4-5H2,1-3H3. The molecule has 0 saturated heterocycles. The van der Waals surface area contributed by atoms with Crippen molar-refractivity contribution in [2.45, 2.75) is 38.1 Å². The van der Waals surface area contributed by atoms with E-state index in [4.69, 9.17) is 4.74 Å². The lowest BCUT2D eigenvalue weighted by molar-refractivity contribution is 0.00659. The number of rotatable bonds is 1. The summed E-state index contributed by atoms with van der Waals surface area (Å²) in [4.78, 5) is 27.9. The van der Waals surface area contributed by atoms with E-state index < -0.39 is 11.6 Å². The third-order valence-electron chi connectivity index (χ3n) is 2.18. The van der Waals surface area contributed by atoms with Gasteiger partial charge >= 0.3 is 5.97 Å². The molecule has 0 aromatic carbocycles. The molecule has 0 radical (unpaired) electrons. The molecule has 0 atom stereocenters. The number of hydrogen-bond donors (Lipinski definition) is 0. The van der Waals surface area contributed by atoms with Crippen LogP contribution < -0.4 is 5.56 Å². The lowest BCUT2D eigenvalue weighted by Crippen LogP contribution is -2.31. The summed E-state index contributed by atoms with van der Waals surface area (Å²) in [6.07, 6.45) is 1.31. The van der Waals surface area contributed by atoms with Crippen LogP contribution in [0.5, 0.6) is 0 Å². The first-order valence-electron chi connectivity index (χ1n) is 5.34. The number of hydrogen-bond acceptors (Lipinski definition) is 5. The van der Waals surface area contributed by atoms with E-state index in [0.29, 0.717) is 11.7 Å². The molecule has 1 aromatic heterocycles. The van der Waals surface area contributed by atoms with Crippen LogP contribution in [0.2, 0.25) is 0 Å². The summed E-state index contributed by atoms with van der Waals surface area (Å²) in [5.74, 6) is 0.210. The zero-order valence-electron chi connectivity index (χ0n) is 10.0. The molecule has 0 bridgehead atoms. The Kier molecular flexibility index (Phi) is 2.99. The number of carbonyl (C=O) groups excluding carboxylic acids is 1. The molecule has 17 heavy (non-hydrogen) atoms. The highest BCUT2D eigenvalue weighted by molar-refractivity contribution is 7.99. The van der Waals surface area contributed by atoms with E-state index in [-0.39, 0.29) is 11.1 Å². The topological polar surface area (TPSA) is 61.2 Å². The Labute approximate surface area is 103 Å². The van der Waals surface area contributed by atoms with E-state index in [0.717, 1.165) is 5.75 Å². The van der Waals surface area contributed by atoms with E-state index in [9.17, 15) is 9.59 Å². The van der Waals surface area contributed by atoms with Crippen LogP contribution in [0, 0.1) is 0 Å². The van der Waals surface area contributed by atoms with E-state index >= 15 is 0 Å². The minimum atomic E-state index is -0.609. The number of nitrogens with zero attached hydrogens (tertiary/aromatic N) is 2. The fourth-order valence-corrected chi connectivity index (χ4v) is 2.40. The van der Waals surface area contributed by atoms with Gasteiger partial charge in [0, 0.05) is 12.3 Å². The Balaban J connectivity index is 2.35. The van der Waals surface area contributed by atoms with Gasteiger partial charge in [-0.2, -0.15) is 0 Å². The zero-order chi connectivity index (χ0) is 12.6. The number of thioether (sulfide) groups is 1. The fourth-order valence-electron chi connectivity index (χ4n) is 1.49. The monoisotopic (exact) mass is 254 g/mol. The summed E-state index contributed by atoms with van der Waals surface area (Å²) >= 11 is 1.52. The van der Waals surface area contributed by atoms with Crippen LogP contribution in [0.15, 0.2) is 16.1 Å². The summed E-state index contributed by atoms with van der Waals surface area (Å²) in [6.45, 7) is 5.89. The van der Waals surface area contributed by atoms with Gasteiger partial charge in [-0.3, -0.25) is 9.36 Å². The van der Waals surface area contributed by atoms with Gasteiger partial charge < -0.3 is 4.74 Å². The van der Waals surface area contributed by atoms with Gasteiger partial charge in [-0.15, -0.1) is 0 Å². The third-order valence-corrected chi connectivity index (χ3v) is 3.15. The summed E-state index contributed by atoms with van der Waals surface area (Å²) in [5, 5.41) is 0.669. The fraction of sp³-hybridized carbons (Fsp3) is 0.545. The number of carbonyl (C=O) groups is 1. The quantitative estimate of drug-likeness (QED) is 0.558. The van der Waals surface area contributed by atoms with E-state index in [1.54, 1.807) is 20.8 Å². The molecule has 6 heteroatoms. The Bertz CT molecular complexity index is 516. The second-order valence-corrected chi connectivity index (χ2v) is 5.82. The average molecular weight is 254 g/mol. The molecule has 0 unspecified atom stereocenters. The molecular weight excluding hydrogens is 240 g/mol. The smallest absolute Gasteiger partial charge is 0.345 e. The normalized spacial score (nSPS) is 14.5. The van der Waals surface area contributed by atoms with Gasteiger partial charge in [0.05, 0.1) is 6.20 Å². The summed E-state index contributed by atoms with van der Waals surface area (Å²) in [5.41, 5.74) is -0.914. The number of fused-ring (bicyclic) bond motifs is 1. The average Bonchev–Trinajstić information content (AvgIpc) is 2.63. The second kappa shape index (κ2) is 4.18. The lowest BCUT2D eigenvalue weighted by Gasteiger charge is -2.19. The van der Waals surface area contributed by atoms with Crippen LogP contribution in [0.1, 0.15) is 31.1 Å². The molecule has 1 aromatic rings. The predicted molar refractivity (Wildman–Crippen MR) is 64.4 cm³/mol. The predicted octanol–water partition coefficient (Wildman–Crippen LogP) is 1.30. The van der Waals surface area contributed by atoms with Crippen molar-refractivity contribution in [1.29, 1.82) is 0 Å². The van der Waals surface area contributed by atoms with Crippen LogP contribution in [-0.2, 0) is 11.3 Å². The zero-order valence-corrected chi connectivity index (χ0v) is 10.8. The first kappa shape index (κ1) is 12.2. The van der Waals surface area contributed by atoms with Crippen molar-refractivity contribution in [3.8, 4) is 0 Å². The van der Waals surface area contributed by atoms with Gasteiger partial charge in [0.15, 0.2) is 5.16 Å². The van der Waals surface area contributed by atoms with Crippen molar-refractivity contribution < 1.29 is 9.53 Å². The highest BCUT2D eigenvalue weighted by Crippen LogP contribution is 2.21. The van der Waals surface area contributed by atoms with E-state index in [1.807, 2.05) is 0 Å². The second-order valence-electron chi connectivity index (χ2n) is 4.76. The molecular formula is C11H14N2O3S. The molecule has 0 N–H and O–H groups in total. The molecule has 0 spiro atoms. The maximum Gasteiger partial charge on any atom is 0.345 e. The minimum absolute atomic E-state index is 0.00572. The molecule has 0 fully saturated rings.